The topological polar surface area (TPSA) is 72.0 Å². The predicted octanol–water partition coefficient (Wildman–Crippen LogP) is 4.71. The Morgan fingerprint density at radius 1 is 1.10 bits per heavy atom. The van der Waals surface area contributed by atoms with E-state index < -0.39 is 11.9 Å². The Kier molecular flexibility index (Phi) is 5.81. The highest BCUT2D eigenvalue weighted by Gasteiger charge is 2.31. The second-order valence-corrected chi connectivity index (χ2v) is 6.49. The second kappa shape index (κ2) is 8.30. The molecule has 0 unspecified atom stereocenters. The number of carbonyl (C=O) groups excluding carboxylic acids is 1. The van der Waals surface area contributed by atoms with E-state index in [0.29, 0.717) is 17.0 Å². The molecule has 0 fully saturated rings. The molecule has 150 valence electrons. The monoisotopic (exact) mass is 402 g/mol. The molecule has 1 aromatic heterocycles. The van der Waals surface area contributed by atoms with Crippen LogP contribution in [0.2, 0.25) is 0 Å². The molecule has 0 spiro atoms. The van der Waals surface area contributed by atoms with Crippen molar-refractivity contribution in [3.05, 3.63) is 82.3 Å². The van der Waals surface area contributed by atoms with Crippen LogP contribution in [0.25, 0.3) is 11.4 Å². The maximum atomic E-state index is 12.6. The third-order valence-corrected chi connectivity index (χ3v) is 4.25. The number of carbonyl (C=O) groups is 1. The largest absolute Gasteiger partial charge is 0.573 e. The van der Waals surface area contributed by atoms with Gasteiger partial charge in [-0.25, -0.2) is 4.98 Å². The lowest BCUT2D eigenvalue weighted by molar-refractivity contribution is -0.274. The first-order chi connectivity index (χ1) is 13.7. The van der Waals surface area contributed by atoms with Gasteiger partial charge in [-0.3, -0.25) is 9.59 Å². The molecule has 0 saturated carbocycles. The molecule has 3 aromatic rings. The Hall–Kier alpha value is -3.42. The Morgan fingerprint density at radius 2 is 1.76 bits per heavy atom. The Balaban J connectivity index is 1.74. The molecule has 1 heterocycles. The summed E-state index contributed by atoms with van der Waals surface area (Å²) in [6, 6.07) is 15.4. The average molecular weight is 402 g/mol. The Labute approximate surface area is 164 Å². The summed E-state index contributed by atoms with van der Waals surface area (Å²) in [5.41, 5.74) is 0.938. The number of ketones is 1. The van der Waals surface area contributed by atoms with Gasteiger partial charge in [0.25, 0.3) is 5.56 Å². The number of rotatable bonds is 6. The summed E-state index contributed by atoms with van der Waals surface area (Å²) in [5, 5.41) is 0. The van der Waals surface area contributed by atoms with Crippen molar-refractivity contribution < 1.29 is 22.7 Å². The van der Waals surface area contributed by atoms with E-state index in [1.165, 1.54) is 24.3 Å². The smallest absolute Gasteiger partial charge is 0.406 e. The molecule has 0 bridgehead atoms. The lowest BCUT2D eigenvalue weighted by Crippen LogP contribution is -2.17. The van der Waals surface area contributed by atoms with E-state index in [2.05, 4.69) is 14.7 Å². The molecule has 0 saturated heterocycles. The summed E-state index contributed by atoms with van der Waals surface area (Å²) < 4.78 is 40.6. The van der Waals surface area contributed by atoms with E-state index in [9.17, 15) is 22.8 Å². The number of benzene rings is 2. The SMILES string of the molecule is C[C@@H](CC(=O)c1cc(=O)[nH]c(-c2ccccc2)n1)c1ccc(OC(F)(F)F)cc1. The fraction of sp³-hybridized carbons (Fsp3) is 0.190. The summed E-state index contributed by atoms with van der Waals surface area (Å²) in [6.07, 6.45) is -4.71. The number of H-pyrrole nitrogens is 1. The fourth-order valence-corrected chi connectivity index (χ4v) is 2.83. The number of nitrogens with zero attached hydrogens (tertiary/aromatic N) is 1. The van der Waals surface area contributed by atoms with Gasteiger partial charge in [-0.1, -0.05) is 49.4 Å². The van der Waals surface area contributed by atoms with Crippen LogP contribution in [0.15, 0.2) is 65.5 Å². The summed E-state index contributed by atoms with van der Waals surface area (Å²) in [4.78, 5) is 31.4. The zero-order valence-corrected chi connectivity index (χ0v) is 15.4. The predicted molar refractivity (Wildman–Crippen MR) is 101 cm³/mol. The van der Waals surface area contributed by atoms with Crippen molar-refractivity contribution in [1.82, 2.24) is 9.97 Å². The zero-order chi connectivity index (χ0) is 21.0. The van der Waals surface area contributed by atoms with Crippen molar-refractivity contribution in [2.75, 3.05) is 0 Å². The number of hydrogen-bond donors (Lipinski definition) is 1. The molecule has 8 heteroatoms. The molecule has 1 atom stereocenters. The van der Waals surface area contributed by atoms with Crippen molar-refractivity contribution in [3.8, 4) is 17.1 Å². The van der Waals surface area contributed by atoms with Gasteiger partial charge in [0, 0.05) is 18.1 Å². The van der Waals surface area contributed by atoms with Crippen molar-refractivity contribution in [2.24, 2.45) is 0 Å². The van der Waals surface area contributed by atoms with Crippen LogP contribution in [0.1, 0.15) is 35.3 Å². The van der Waals surface area contributed by atoms with Gasteiger partial charge in [0.1, 0.15) is 17.3 Å². The molecule has 0 radical (unpaired) electrons. The van der Waals surface area contributed by atoms with Crippen molar-refractivity contribution in [2.45, 2.75) is 25.6 Å². The van der Waals surface area contributed by atoms with Gasteiger partial charge in [0.2, 0.25) is 0 Å². The molecule has 0 aliphatic rings. The van der Waals surface area contributed by atoms with Gasteiger partial charge in [-0.15, -0.1) is 13.2 Å². The number of aromatic amines is 1. The Bertz CT molecular complexity index is 1050. The summed E-state index contributed by atoms with van der Waals surface area (Å²) in [5.74, 6) is -0.661. The van der Waals surface area contributed by atoms with Crippen LogP contribution in [-0.2, 0) is 0 Å². The van der Waals surface area contributed by atoms with E-state index in [1.807, 2.05) is 6.07 Å². The molecular formula is C21H17F3N2O3. The van der Waals surface area contributed by atoms with Crippen LogP contribution < -0.4 is 10.3 Å². The number of aromatic nitrogens is 2. The highest BCUT2D eigenvalue weighted by Crippen LogP contribution is 2.26. The number of Topliss-reactive ketones (excluding diaryl/α,β-unsaturated/α-hetero) is 1. The standard InChI is InChI=1S/C21H17F3N2O3/c1-13(14-7-9-16(10-8-14)29-21(22,23)24)11-18(27)17-12-19(28)26-20(25-17)15-5-3-2-4-6-15/h2-10,12-13H,11H2,1H3,(H,25,26,28)/t13-/m0/s1. The minimum atomic E-state index is -4.76. The number of halogens is 3. The zero-order valence-electron chi connectivity index (χ0n) is 15.4. The molecule has 2 aromatic carbocycles. The first-order valence-electron chi connectivity index (χ1n) is 8.77. The molecule has 5 nitrogen and oxygen atoms in total. The van der Waals surface area contributed by atoms with Gasteiger partial charge >= 0.3 is 6.36 Å². The van der Waals surface area contributed by atoms with E-state index in [0.717, 1.165) is 6.07 Å². The van der Waals surface area contributed by atoms with Crippen LogP contribution in [0.4, 0.5) is 13.2 Å². The van der Waals surface area contributed by atoms with Crippen LogP contribution in [0, 0.1) is 0 Å². The van der Waals surface area contributed by atoms with E-state index in [1.54, 1.807) is 31.2 Å². The minimum absolute atomic E-state index is 0.0384. The average Bonchev–Trinajstić information content (AvgIpc) is 2.67. The van der Waals surface area contributed by atoms with Gasteiger partial charge in [-0.05, 0) is 23.6 Å². The van der Waals surface area contributed by atoms with Gasteiger partial charge < -0.3 is 9.72 Å². The second-order valence-electron chi connectivity index (χ2n) is 6.49. The number of ether oxygens (including phenoxy) is 1. The van der Waals surface area contributed by atoms with Crippen LogP contribution in [-0.4, -0.2) is 22.1 Å². The van der Waals surface area contributed by atoms with Crippen LogP contribution in [0.3, 0.4) is 0 Å². The lowest BCUT2D eigenvalue weighted by Gasteiger charge is -2.13. The third kappa shape index (κ3) is 5.54. The van der Waals surface area contributed by atoms with Crippen LogP contribution >= 0.6 is 0 Å². The maximum Gasteiger partial charge on any atom is 0.573 e. The molecule has 3 rings (SSSR count). The first kappa shape index (κ1) is 20.3. The molecule has 0 aliphatic heterocycles. The normalized spacial score (nSPS) is 12.4. The molecule has 0 amide bonds. The Morgan fingerprint density at radius 3 is 2.38 bits per heavy atom. The maximum absolute atomic E-state index is 12.6. The van der Waals surface area contributed by atoms with Crippen LogP contribution in [0.5, 0.6) is 5.75 Å². The quantitative estimate of drug-likeness (QED) is 0.606. The molecule has 0 aliphatic carbocycles. The van der Waals surface area contributed by atoms with E-state index >= 15 is 0 Å². The summed E-state index contributed by atoms with van der Waals surface area (Å²) in [7, 11) is 0. The van der Waals surface area contributed by atoms with Crippen molar-refractivity contribution in [1.29, 1.82) is 0 Å². The first-order valence-corrected chi connectivity index (χ1v) is 8.77. The number of nitrogens with one attached hydrogen (secondary N) is 1. The molecular weight excluding hydrogens is 385 g/mol. The fourth-order valence-electron chi connectivity index (χ4n) is 2.83. The highest BCUT2D eigenvalue weighted by atomic mass is 19.4. The third-order valence-electron chi connectivity index (χ3n) is 4.25. The lowest BCUT2D eigenvalue weighted by atomic mass is 9.94. The van der Waals surface area contributed by atoms with E-state index in [-0.39, 0.29) is 29.6 Å². The van der Waals surface area contributed by atoms with Gasteiger partial charge in [0.15, 0.2) is 5.78 Å². The molecule has 1 N–H and O–H groups in total. The van der Waals surface area contributed by atoms with Gasteiger partial charge in [-0.2, -0.15) is 0 Å². The molecule has 29 heavy (non-hydrogen) atoms. The highest BCUT2D eigenvalue weighted by molar-refractivity contribution is 5.95. The minimum Gasteiger partial charge on any atom is -0.406 e. The van der Waals surface area contributed by atoms with Gasteiger partial charge in [0.05, 0.1) is 0 Å². The van der Waals surface area contributed by atoms with Crippen molar-refractivity contribution in [3.63, 3.8) is 0 Å². The van der Waals surface area contributed by atoms with Crippen molar-refractivity contribution >= 4 is 5.78 Å². The number of alkyl halides is 3. The summed E-state index contributed by atoms with van der Waals surface area (Å²) >= 11 is 0. The van der Waals surface area contributed by atoms with E-state index in [4.69, 9.17) is 0 Å². The summed E-state index contributed by atoms with van der Waals surface area (Å²) in [6.45, 7) is 1.77. The number of hydrogen-bond acceptors (Lipinski definition) is 4.